The van der Waals surface area contributed by atoms with Crippen LogP contribution < -0.4 is 16.2 Å². The second-order valence-corrected chi connectivity index (χ2v) is 26.3. The van der Waals surface area contributed by atoms with Crippen LogP contribution in [0, 0.1) is 58.2 Å². The number of nitrogens with zero attached hydrogens (tertiary/aromatic N) is 2. The molecule has 0 atom stereocenters. The van der Waals surface area contributed by atoms with Gasteiger partial charge in [0.25, 0.3) is 0 Å². The maximum Gasteiger partial charge on any atom is 0.446 e. The van der Waals surface area contributed by atoms with Crippen LogP contribution in [0.2, 0.25) is 0 Å². The quantitative estimate of drug-likeness (QED) is 0.00524. The number of benzene rings is 4. The average Bonchev–Trinajstić information content (AvgIpc) is 0.738. The van der Waals surface area contributed by atoms with Crippen LogP contribution in [0.5, 0.6) is 11.5 Å². The Morgan fingerprint density at radius 3 is 0.983 bits per heavy atom. The fraction of sp³-hybridized carbons (Fsp3) is 0.573. The lowest BCUT2D eigenvalue weighted by molar-refractivity contribution is -0.156. The number of halogens is 14. The fourth-order valence-electron chi connectivity index (χ4n) is 10.9. The van der Waals surface area contributed by atoms with Crippen molar-refractivity contribution in [2.45, 2.75) is 174 Å². The Kier molecular flexibility index (Phi) is 56.7. The summed E-state index contributed by atoms with van der Waals surface area (Å²) in [6, 6.07) is 17.0. The van der Waals surface area contributed by atoms with E-state index in [1.165, 1.54) is 47.6 Å². The number of alkyl halides is 3. The minimum Gasteiger partial charge on any atom is -0.503 e. The lowest BCUT2D eigenvalue weighted by Crippen LogP contribution is -2.16. The first-order chi connectivity index (χ1) is 56.2. The van der Waals surface area contributed by atoms with E-state index in [-0.39, 0.29) is 63.4 Å². The Labute approximate surface area is 684 Å². The van der Waals surface area contributed by atoms with Crippen molar-refractivity contribution in [1.82, 2.24) is 9.97 Å². The van der Waals surface area contributed by atoms with Crippen molar-refractivity contribution in [3.05, 3.63) is 129 Å². The van der Waals surface area contributed by atoms with E-state index in [1.54, 1.807) is 0 Å². The number of aromatic nitrogens is 2. The molecule has 0 saturated heterocycles. The molecule has 0 amide bonds. The molecular formula is C82H110ClF13N4O18. The summed E-state index contributed by atoms with van der Waals surface area (Å²) in [7, 11) is 0. The van der Waals surface area contributed by atoms with Crippen LogP contribution >= 0.6 is 12.4 Å². The fourth-order valence-corrected chi connectivity index (χ4v) is 10.9. The molecule has 2 aromatic heterocycles. The van der Waals surface area contributed by atoms with E-state index in [2.05, 4.69) is 58.9 Å². The number of pyridine rings is 2. The number of aldehydes is 1. The smallest absolute Gasteiger partial charge is 0.446 e. The van der Waals surface area contributed by atoms with Crippen LogP contribution in [0.25, 0.3) is 21.8 Å². The summed E-state index contributed by atoms with van der Waals surface area (Å²) in [4.78, 5) is 64.5. The van der Waals surface area contributed by atoms with Gasteiger partial charge in [0.15, 0.2) is 5.75 Å². The van der Waals surface area contributed by atoms with Gasteiger partial charge in [-0.3, -0.25) is 24.0 Å². The zero-order valence-electron chi connectivity index (χ0n) is 66.6. The van der Waals surface area contributed by atoms with Gasteiger partial charge in [-0.15, -0.1) is 12.4 Å². The van der Waals surface area contributed by atoms with Gasteiger partial charge >= 0.3 is 18.1 Å². The van der Waals surface area contributed by atoms with Crippen molar-refractivity contribution in [2.75, 3.05) is 144 Å². The summed E-state index contributed by atoms with van der Waals surface area (Å²) in [5.74, 6) is -26.2. The maximum atomic E-state index is 13.6. The van der Waals surface area contributed by atoms with E-state index in [9.17, 15) is 76.3 Å². The number of ketones is 2. The van der Waals surface area contributed by atoms with Crippen molar-refractivity contribution in [3.63, 3.8) is 0 Å². The van der Waals surface area contributed by atoms with E-state index in [0.29, 0.717) is 136 Å². The zero-order chi connectivity index (χ0) is 86.2. The predicted octanol–water partition coefficient (Wildman–Crippen LogP) is 16.6. The number of phenolic OH excluding ortho intramolecular Hbond substituents is 1. The molecule has 36 heteroatoms. The molecule has 0 aliphatic rings. The number of rotatable bonds is 59. The highest BCUT2D eigenvalue weighted by molar-refractivity contribution is 5.86. The number of unbranched alkanes of at least 4 members (excludes halogenated alkanes) is 10. The molecule has 0 spiro atoms. The number of aromatic hydroxyl groups is 1. The number of ether oxygens (including phenoxy) is 11. The first kappa shape index (κ1) is 106. The number of aryl methyl sites for hydroxylation is 4. The van der Waals surface area contributed by atoms with E-state index >= 15 is 0 Å². The van der Waals surface area contributed by atoms with Crippen LogP contribution in [0.4, 0.5) is 68.7 Å². The molecule has 0 aliphatic carbocycles. The number of hydrogen-bond donors (Lipinski definition) is 4. The largest absolute Gasteiger partial charge is 0.503 e. The van der Waals surface area contributed by atoms with Crippen LogP contribution in [0.15, 0.2) is 48.5 Å². The van der Waals surface area contributed by atoms with E-state index < -0.39 is 100 Å². The van der Waals surface area contributed by atoms with Gasteiger partial charge in [0.2, 0.25) is 70.2 Å². The number of carboxylic acid groups (broad SMARTS) is 1. The topological polar surface area (TPSA) is 305 Å². The van der Waals surface area contributed by atoms with Gasteiger partial charge in [-0.25, -0.2) is 36.3 Å². The van der Waals surface area contributed by atoms with Gasteiger partial charge in [-0.1, -0.05) is 89.5 Å². The molecule has 6 N–H and O–H groups in total. The van der Waals surface area contributed by atoms with Crippen LogP contribution in [0.3, 0.4) is 0 Å². The van der Waals surface area contributed by atoms with E-state index in [0.717, 1.165) is 112 Å². The van der Waals surface area contributed by atoms with E-state index in [1.807, 2.05) is 18.2 Å². The van der Waals surface area contributed by atoms with Crippen molar-refractivity contribution in [3.8, 4) is 11.5 Å². The number of nitrogen functional groups attached to an aromatic ring is 2. The number of Topliss-reactive ketones (excluding diaryl/α,β-unsaturated/α-hetero) is 2. The predicted molar refractivity (Wildman–Crippen MR) is 416 cm³/mol. The average molecular weight is 1720 g/mol. The molecule has 0 saturated carbocycles. The summed E-state index contributed by atoms with van der Waals surface area (Å²) in [6.07, 6.45) is 14.9. The first-order valence-electron chi connectivity index (χ1n) is 39.0. The van der Waals surface area contributed by atoms with Crippen molar-refractivity contribution >= 4 is 75.6 Å². The molecular weight excluding hydrogens is 1610 g/mol. The number of hydrogen-bond acceptors (Lipinski definition) is 21. The third kappa shape index (κ3) is 44.4. The first-order valence-corrected chi connectivity index (χ1v) is 39.0. The number of nitrogens with two attached hydrogens (primary N) is 2. The van der Waals surface area contributed by atoms with Gasteiger partial charge in [-0.2, -0.15) is 30.7 Å². The monoisotopic (exact) mass is 1720 g/mol. The second kappa shape index (κ2) is 63.1. The van der Waals surface area contributed by atoms with Crippen molar-refractivity contribution in [2.24, 2.45) is 0 Å². The number of phenols is 1. The Hall–Kier alpha value is -7.97. The van der Waals surface area contributed by atoms with Crippen LogP contribution in [0.1, 0.15) is 165 Å². The second-order valence-electron chi connectivity index (χ2n) is 26.3. The van der Waals surface area contributed by atoms with Crippen molar-refractivity contribution in [1.29, 1.82) is 0 Å². The van der Waals surface area contributed by atoms with Gasteiger partial charge in [0, 0.05) is 36.5 Å². The summed E-state index contributed by atoms with van der Waals surface area (Å²) in [5, 5.41) is 19.2. The molecule has 22 nitrogen and oxygen atoms in total. The van der Waals surface area contributed by atoms with Gasteiger partial charge in [-0.05, 0) is 111 Å². The Balaban J connectivity index is 0.000000663. The third-order valence-electron chi connectivity index (χ3n) is 17.2. The van der Waals surface area contributed by atoms with Gasteiger partial charge in [0.1, 0.15) is 23.2 Å². The van der Waals surface area contributed by atoms with Gasteiger partial charge < -0.3 is 73.8 Å². The summed E-state index contributed by atoms with van der Waals surface area (Å²) in [5.41, 5.74) is 19.3. The Morgan fingerprint density at radius 1 is 0.381 bits per heavy atom. The van der Waals surface area contributed by atoms with Crippen LogP contribution in [-0.4, -0.2) is 188 Å². The zero-order valence-corrected chi connectivity index (χ0v) is 67.4. The standard InChI is InChI=1S/C40H53F5N2O8.C34H54N2O8.C6HF5O.C2HF3O.ClH/c1-2-3-6-11-29-27-31-28(12-9-14-32(31)47-40(29)46)10-7-4-5-8-13-30(48)15-17-50-19-21-52-23-25-54-26-24-53-22-20-51-18-16-33(49)55-39-37(44)35(42)34(41)36(43)38(39)45;1-2-3-6-11-29-27-31-28(12-9-14-32(31)36-34(29)35)10-7-4-5-8-13-30(37)15-17-40-19-21-42-23-25-44-26-24-43-22-20-41-18-16-33(38)39;7-1-2(8)4(10)6(12)5(11)3(1)9;3-2(4,5)1-6;/h9,12,14,27H,2-8,10-11,13,15-26H2,1H3,(H2,46,47);9,12,14,27H,2-8,10-11,13,15-26H2,1H3,(H2,35,36)(H,38,39);12H;1H;1H. The summed E-state index contributed by atoms with van der Waals surface area (Å²) in [6.45, 7) is 10.9. The molecule has 664 valence electrons. The molecule has 0 bridgehead atoms. The molecule has 6 aromatic rings. The number of carboxylic acids is 1. The van der Waals surface area contributed by atoms with E-state index in [4.69, 9.17) is 73.8 Å². The SMILES string of the molecule is CCCCCc1cc2c(CCCCCCC(=O)CCOCCOCCOCCOCCOCCC(=O)O)cccc2nc1N.CCCCCc1cc2c(CCCCCCC(=O)CCOCCOCCOCCOCCOCCC(=O)Oc3c(F)c(F)c(F)c(F)c3F)cccc2nc1N.Cl.O=CC(F)(F)F.Oc1c(F)c(F)c(F)c(F)c1F. The van der Waals surface area contributed by atoms with Gasteiger partial charge in [0.05, 0.1) is 156 Å². The molecule has 118 heavy (non-hydrogen) atoms. The summed E-state index contributed by atoms with van der Waals surface area (Å²) >= 11 is 0. The summed E-state index contributed by atoms with van der Waals surface area (Å²) < 4.78 is 216. The normalized spacial score (nSPS) is 11.2. The highest BCUT2D eigenvalue weighted by atomic mass is 35.5. The molecule has 0 aliphatic heterocycles. The maximum absolute atomic E-state index is 13.6. The number of anilines is 2. The Morgan fingerprint density at radius 2 is 0.661 bits per heavy atom. The highest BCUT2D eigenvalue weighted by Gasteiger charge is 2.29. The number of carbonyl (C=O) groups is 5. The number of aliphatic carboxylic acids is 1. The molecule has 2 heterocycles. The number of carbonyl (C=O) groups excluding carboxylic acids is 4. The highest BCUT2D eigenvalue weighted by Crippen LogP contribution is 2.32. The van der Waals surface area contributed by atoms with Crippen molar-refractivity contribution < 1.29 is 143 Å². The Bertz CT molecular complexity index is 3760. The molecule has 0 radical (unpaired) electrons. The molecule has 0 unspecified atom stereocenters. The molecule has 4 aromatic carbocycles. The third-order valence-corrected chi connectivity index (χ3v) is 17.2. The minimum atomic E-state index is -4.64. The number of fused-ring (bicyclic) bond motifs is 2. The lowest BCUT2D eigenvalue weighted by Gasteiger charge is -2.11. The minimum absolute atomic E-state index is 0. The lowest BCUT2D eigenvalue weighted by atomic mass is 9.98. The van der Waals surface area contributed by atoms with Crippen LogP contribution in [-0.2, 0) is 97.0 Å². The molecule has 6 rings (SSSR count). The number of esters is 1. The molecule has 0 fully saturated rings.